The molecule has 1 atom stereocenters. The van der Waals surface area contributed by atoms with Gasteiger partial charge in [0.15, 0.2) is 0 Å². The van der Waals surface area contributed by atoms with Gasteiger partial charge in [0.25, 0.3) is 11.8 Å². The number of benzene rings is 1. The molecule has 0 radical (unpaired) electrons. The van der Waals surface area contributed by atoms with E-state index in [-0.39, 0.29) is 42.4 Å². The Morgan fingerprint density at radius 2 is 1.77 bits per heavy atom. The Kier molecular flexibility index (Phi) is 6.79. The van der Waals surface area contributed by atoms with Crippen LogP contribution in [0.25, 0.3) is 0 Å². The summed E-state index contributed by atoms with van der Waals surface area (Å²) < 4.78 is 11.3. The van der Waals surface area contributed by atoms with Crippen molar-refractivity contribution in [1.29, 1.82) is 0 Å². The lowest BCUT2D eigenvalue weighted by atomic mass is 10.0. The van der Waals surface area contributed by atoms with Crippen molar-refractivity contribution in [2.24, 2.45) is 0 Å². The minimum Gasteiger partial charge on any atom is -0.491 e. The van der Waals surface area contributed by atoms with Crippen LogP contribution in [0, 0.1) is 0 Å². The number of hydrogen-bond donors (Lipinski definition) is 1. The van der Waals surface area contributed by atoms with Gasteiger partial charge in [0.05, 0.1) is 11.1 Å². The van der Waals surface area contributed by atoms with Crippen LogP contribution in [0.4, 0.5) is 4.79 Å². The molecule has 2 fully saturated rings. The van der Waals surface area contributed by atoms with Crippen LogP contribution < -0.4 is 10.1 Å². The van der Waals surface area contributed by atoms with Gasteiger partial charge in [-0.1, -0.05) is 6.07 Å². The van der Waals surface area contributed by atoms with Gasteiger partial charge in [-0.15, -0.1) is 0 Å². The number of piperidine rings is 1. The molecule has 1 N–H and O–H groups in total. The van der Waals surface area contributed by atoms with Crippen LogP contribution in [0.5, 0.6) is 5.75 Å². The summed E-state index contributed by atoms with van der Waals surface area (Å²) in [5.74, 6) is -1.95. The van der Waals surface area contributed by atoms with Gasteiger partial charge in [-0.2, -0.15) is 0 Å². The highest BCUT2D eigenvalue weighted by molar-refractivity contribution is 6.24. The lowest BCUT2D eigenvalue weighted by Crippen LogP contribution is -2.54. The summed E-state index contributed by atoms with van der Waals surface area (Å²) >= 11 is 0. The molecule has 1 unspecified atom stereocenters. The Bertz CT molecular complexity index is 1060. The second-order valence-corrected chi connectivity index (χ2v) is 9.78. The van der Waals surface area contributed by atoms with Crippen LogP contribution in [-0.2, 0) is 14.3 Å². The number of ether oxygens (including phenoxy) is 2. The molecule has 11 heteroatoms. The summed E-state index contributed by atoms with van der Waals surface area (Å²) in [5, 5.41) is 2.19. The van der Waals surface area contributed by atoms with Gasteiger partial charge >= 0.3 is 6.09 Å². The molecule has 2 saturated heterocycles. The standard InChI is InChI=1S/C24H30N4O7/c1-24(2,3)35-23(33)27-11-9-26(10-12-27)13-14-34-17-6-4-5-15-19(17)22(32)28(21(15)31)16-7-8-18(29)25-20(16)30/h4-6,16H,7-14H2,1-3H3,(H,25,29,30). The first kappa shape index (κ1) is 24.6. The third-order valence-electron chi connectivity index (χ3n) is 6.12. The van der Waals surface area contributed by atoms with Gasteiger partial charge in [-0.05, 0) is 39.3 Å². The number of amides is 5. The van der Waals surface area contributed by atoms with E-state index >= 15 is 0 Å². The van der Waals surface area contributed by atoms with E-state index in [1.807, 2.05) is 20.8 Å². The molecule has 0 aliphatic carbocycles. The quantitative estimate of drug-likeness (QED) is 0.612. The first-order valence-corrected chi connectivity index (χ1v) is 11.7. The number of rotatable bonds is 5. The Balaban J connectivity index is 1.33. The average molecular weight is 487 g/mol. The van der Waals surface area contributed by atoms with E-state index in [2.05, 4.69) is 10.2 Å². The lowest BCUT2D eigenvalue weighted by molar-refractivity contribution is -0.136. The van der Waals surface area contributed by atoms with Crippen LogP contribution in [0.3, 0.4) is 0 Å². The molecule has 1 aromatic carbocycles. The number of carbonyl (C=O) groups is 5. The predicted octanol–water partition coefficient (Wildman–Crippen LogP) is 1.02. The Hall–Kier alpha value is -3.47. The number of fused-ring (bicyclic) bond motifs is 1. The van der Waals surface area contributed by atoms with Crippen LogP contribution >= 0.6 is 0 Å². The molecule has 1 aromatic rings. The predicted molar refractivity (Wildman–Crippen MR) is 123 cm³/mol. The Morgan fingerprint density at radius 1 is 1.06 bits per heavy atom. The normalized spacial score (nSPS) is 21.2. The molecule has 11 nitrogen and oxygen atoms in total. The largest absolute Gasteiger partial charge is 0.491 e. The summed E-state index contributed by atoms with van der Waals surface area (Å²) in [4.78, 5) is 66.7. The lowest BCUT2D eigenvalue weighted by Gasteiger charge is -2.35. The van der Waals surface area contributed by atoms with Gasteiger partial charge in [0.1, 0.15) is 24.0 Å². The Morgan fingerprint density at radius 3 is 2.43 bits per heavy atom. The number of nitrogens with zero attached hydrogens (tertiary/aromatic N) is 3. The fourth-order valence-electron chi connectivity index (χ4n) is 4.37. The topological polar surface area (TPSA) is 126 Å². The highest BCUT2D eigenvalue weighted by atomic mass is 16.6. The van der Waals surface area contributed by atoms with E-state index in [1.54, 1.807) is 17.0 Å². The van der Waals surface area contributed by atoms with Crippen LogP contribution in [0.1, 0.15) is 54.3 Å². The molecule has 0 aromatic heterocycles. The smallest absolute Gasteiger partial charge is 0.410 e. The van der Waals surface area contributed by atoms with Gasteiger partial charge in [0.2, 0.25) is 11.8 Å². The van der Waals surface area contributed by atoms with E-state index in [0.29, 0.717) is 32.7 Å². The maximum atomic E-state index is 13.1. The number of nitrogens with one attached hydrogen (secondary N) is 1. The van der Waals surface area contributed by atoms with Crippen molar-refractivity contribution in [2.75, 3.05) is 39.3 Å². The fraction of sp³-hybridized carbons (Fsp3) is 0.542. The minimum absolute atomic E-state index is 0.0638. The molecule has 3 heterocycles. The molecule has 0 bridgehead atoms. The van der Waals surface area contributed by atoms with E-state index in [9.17, 15) is 24.0 Å². The van der Waals surface area contributed by atoms with Crippen molar-refractivity contribution in [1.82, 2.24) is 20.0 Å². The highest BCUT2D eigenvalue weighted by Gasteiger charge is 2.46. The highest BCUT2D eigenvalue weighted by Crippen LogP contribution is 2.33. The zero-order valence-corrected chi connectivity index (χ0v) is 20.2. The fourth-order valence-corrected chi connectivity index (χ4v) is 4.37. The van der Waals surface area contributed by atoms with Crippen molar-refractivity contribution in [2.45, 2.75) is 45.3 Å². The molecule has 3 aliphatic heterocycles. The third-order valence-corrected chi connectivity index (χ3v) is 6.12. The molecule has 3 aliphatic rings. The van der Waals surface area contributed by atoms with Gasteiger partial charge in [-0.25, -0.2) is 4.79 Å². The van der Waals surface area contributed by atoms with Crippen LogP contribution in [-0.4, -0.2) is 95.4 Å². The van der Waals surface area contributed by atoms with Crippen LogP contribution in [0.2, 0.25) is 0 Å². The molecule has 188 valence electrons. The van der Waals surface area contributed by atoms with Crippen molar-refractivity contribution in [3.8, 4) is 5.75 Å². The first-order chi connectivity index (χ1) is 16.5. The molecule has 0 saturated carbocycles. The van der Waals surface area contributed by atoms with Crippen LogP contribution in [0.15, 0.2) is 18.2 Å². The van der Waals surface area contributed by atoms with Crippen molar-refractivity contribution >= 4 is 29.7 Å². The summed E-state index contributed by atoms with van der Waals surface area (Å²) in [6.07, 6.45) is -0.160. The van der Waals surface area contributed by atoms with Gasteiger partial charge < -0.3 is 14.4 Å². The molecular weight excluding hydrogens is 456 g/mol. The monoisotopic (exact) mass is 486 g/mol. The SMILES string of the molecule is CC(C)(C)OC(=O)N1CCN(CCOc2cccc3c2C(=O)N(C2CCC(=O)NC2=O)C3=O)CC1. The summed E-state index contributed by atoms with van der Waals surface area (Å²) in [5.41, 5.74) is -0.218. The third kappa shape index (κ3) is 5.29. The van der Waals surface area contributed by atoms with E-state index in [4.69, 9.17) is 9.47 Å². The minimum atomic E-state index is -1.02. The number of piperazine rings is 1. The summed E-state index contributed by atoms with van der Waals surface area (Å²) in [6.45, 7) is 8.77. The summed E-state index contributed by atoms with van der Waals surface area (Å²) in [7, 11) is 0. The first-order valence-electron chi connectivity index (χ1n) is 11.7. The number of imide groups is 2. The zero-order valence-electron chi connectivity index (χ0n) is 20.2. The molecule has 0 spiro atoms. The van der Waals surface area contributed by atoms with E-state index < -0.39 is 35.3 Å². The van der Waals surface area contributed by atoms with Gasteiger partial charge in [0, 0.05) is 39.1 Å². The van der Waals surface area contributed by atoms with E-state index in [0.717, 1.165) is 4.90 Å². The molecular formula is C24H30N4O7. The number of carbonyl (C=O) groups excluding carboxylic acids is 5. The zero-order chi connectivity index (χ0) is 25.3. The van der Waals surface area contributed by atoms with Crippen molar-refractivity contribution in [3.63, 3.8) is 0 Å². The molecule has 5 amide bonds. The molecule has 35 heavy (non-hydrogen) atoms. The molecule has 4 rings (SSSR count). The summed E-state index contributed by atoms with van der Waals surface area (Å²) in [6, 6.07) is 3.77. The second kappa shape index (κ2) is 9.65. The van der Waals surface area contributed by atoms with E-state index in [1.165, 1.54) is 6.07 Å². The van der Waals surface area contributed by atoms with Crippen molar-refractivity contribution in [3.05, 3.63) is 29.3 Å². The van der Waals surface area contributed by atoms with Crippen molar-refractivity contribution < 1.29 is 33.4 Å². The maximum Gasteiger partial charge on any atom is 0.410 e. The number of hydrogen-bond acceptors (Lipinski definition) is 8. The average Bonchev–Trinajstić information content (AvgIpc) is 3.04. The van der Waals surface area contributed by atoms with Gasteiger partial charge in [-0.3, -0.25) is 34.3 Å². The Labute approximate surface area is 203 Å². The maximum absolute atomic E-state index is 13.1. The second-order valence-electron chi connectivity index (χ2n) is 9.78.